The molecule has 1 aromatic carbocycles. The lowest BCUT2D eigenvalue weighted by molar-refractivity contribution is -0.119. The summed E-state index contributed by atoms with van der Waals surface area (Å²) in [6, 6.07) is 7.93. The van der Waals surface area contributed by atoms with E-state index in [0.29, 0.717) is 13.0 Å². The van der Waals surface area contributed by atoms with Gasteiger partial charge in [-0.3, -0.25) is 9.48 Å². The number of ketones is 1. The van der Waals surface area contributed by atoms with Gasteiger partial charge in [0, 0.05) is 11.8 Å². The molecule has 0 aliphatic rings. The number of nitrogens with zero attached hydrogens (tertiary/aromatic N) is 2. The zero-order chi connectivity index (χ0) is 10.7. The number of benzene rings is 1. The number of hydrogen-bond donors (Lipinski definition) is 0. The lowest BCUT2D eigenvalue weighted by Crippen LogP contribution is -2.10. The van der Waals surface area contributed by atoms with Crippen LogP contribution in [0.4, 0.5) is 0 Å². The minimum atomic E-state index is 0.242. The molecular formula is C12H14N2O. The first kappa shape index (κ1) is 9.90. The van der Waals surface area contributed by atoms with Gasteiger partial charge in [-0.1, -0.05) is 25.1 Å². The molecule has 78 valence electrons. The van der Waals surface area contributed by atoms with Crippen molar-refractivity contribution in [1.82, 2.24) is 9.78 Å². The molecule has 0 saturated carbocycles. The van der Waals surface area contributed by atoms with Crippen molar-refractivity contribution in [2.75, 3.05) is 0 Å². The Morgan fingerprint density at radius 3 is 3.00 bits per heavy atom. The van der Waals surface area contributed by atoms with Gasteiger partial charge in [0.1, 0.15) is 6.54 Å². The van der Waals surface area contributed by atoms with Gasteiger partial charge < -0.3 is 0 Å². The topological polar surface area (TPSA) is 34.9 Å². The molecule has 2 aromatic rings. The Morgan fingerprint density at radius 2 is 2.20 bits per heavy atom. The lowest BCUT2D eigenvalue weighted by atomic mass is 10.2. The molecule has 0 radical (unpaired) electrons. The predicted octanol–water partition coefficient (Wildman–Crippen LogP) is 2.41. The Morgan fingerprint density at radius 1 is 1.40 bits per heavy atom. The van der Waals surface area contributed by atoms with E-state index in [4.69, 9.17) is 0 Å². The Bertz CT molecular complexity index is 473. The maximum atomic E-state index is 11.5. The highest BCUT2D eigenvalue weighted by molar-refractivity contribution is 5.82. The van der Waals surface area contributed by atoms with Crippen LogP contribution in [0, 0.1) is 0 Å². The van der Waals surface area contributed by atoms with E-state index in [0.717, 1.165) is 17.3 Å². The number of hydrogen-bond acceptors (Lipinski definition) is 2. The zero-order valence-electron chi connectivity index (χ0n) is 8.81. The number of para-hydroxylation sites is 1. The van der Waals surface area contributed by atoms with E-state index in [1.807, 2.05) is 31.2 Å². The van der Waals surface area contributed by atoms with Crippen LogP contribution in [0.3, 0.4) is 0 Å². The van der Waals surface area contributed by atoms with Gasteiger partial charge in [0.25, 0.3) is 0 Å². The van der Waals surface area contributed by atoms with Crippen LogP contribution in [0.15, 0.2) is 30.5 Å². The summed E-state index contributed by atoms with van der Waals surface area (Å²) in [5.74, 6) is 0.242. The molecule has 3 heteroatoms. The Labute approximate surface area is 88.7 Å². The number of aromatic nitrogens is 2. The molecule has 1 aromatic heterocycles. The fraction of sp³-hybridized carbons (Fsp3) is 0.333. The van der Waals surface area contributed by atoms with Gasteiger partial charge in [-0.05, 0) is 12.5 Å². The summed E-state index contributed by atoms with van der Waals surface area (Å²) in [4.78, 5) is 11.5. The molecule has 0 spiro atoms. The van der Waals surface area contributed by atoms with E-state index in [1.165, 1.54) is 0 Å². The summed E-state index contributed by atoms with van der Waals surface area (Å²) in [5.41, 5.74) is 1.03. The molecule has 0 amide bonds. The monoisotopic (exact) mass is 202 g/mol. The van der Waals surface area contributed by atoms with Gasteiger partial charge in [-0.25, -0.2) is 0 Å². The SMILES string of the molecule is CCCC(=O)Cn1ncc2ccccc21. The lowest BCUT2D eigenvalue weighted by Gasteiger charge is -2.01. The van der Waals surface area contributed by atoms with Gasteiger partial charge in [0.15, 0.2) is 5.78 Å². The smallest absolute Gasteiger partial charge is 0.154 e. The number of carbonyl (C=O) groups excluding carboxylic acids is 1. The van der Waals surface area contributed by atoms with Crippen molar-refractivity contribution in [2.24, 2.45) is 0 Å². The van der Waals surface area contributed by atoms with Crippen LogP contribution in [0.25, 0.3) is 10.9 Å². The Hall–Kier alpha value is -1.64. The third kappa shape index (κ3) is 2.06. The van der Waals surface area contributed by atoms with Crippen LogP contribution in [0.1, 0.15) is 19.8 Å². The molecule has 0 aliphatic carbocycles. The van der Waals surface area contributed by atoms with E-state index < -0.39 is 0 Å². The zero-order valence-corrected chi connectivity index (χ0v) is 8.81. The maximum Gasteiger partial charge on any atom is 0.154 e. The van der Waals surface area contributed by atoms with Crippen molar-refractivity contribution in [1.29, 1.82) is 0 Å². The molecule has 0 unspecified atom stereocenters. The van der Waals surface area contributed by atoms with E-state index in [9.17, 15) is 4.79 Å². The second-order valence-electron chi connectivity index (χ2n) is 3.65. The highest BCUT2D eigenvalue weighted by atomic mass is 16.1. The normalized spacial score (nSPS) is 10.7. The average molecular weight is 202 g/mol. The summed E-state index contributed by atoms with van der Waals surface area (Å²) >= 11 is 0. The van der Waals surface area contributed by atoms with Gasteiger partial charge >= 0.3 is 0 Å². The van der Waals surface area contributed by atoms with Crippen molar-refractivity contribution in [3.8, 4) is 0 Å². The van der Waals surface area contributed by atoms with Crippen molar-refractivity contribution in [3.63, 3.8) is 0 Å². The molecule has 2 rings (SSSR count). The standard InChI is InChI=1S/C12H14N2O/c1-2-5-11(15)9-14-12-7-4-3-6-10(12)8-13-14/h3-4,6-8H,2,5,9H2,1H3. The molecule has 15 heavy (non-hydrogen) atoms. The van der Waals surface area contributed by atoms with Crippen molar-refractivity contribution < 1.29 is 4.79 Å². The summed E-state index contributed by atoms with van der Waals surface area (Å²) in [6.45, 7) is 2.40. The molecule has 0 fully saturated rings. The predicted molar refractivity (Wildman–Crippen MR) is 59.6 cm³/mol. The van der Waals surface area contributed by atoms with E-state index in [-0.39, 0.29) is 5.78 Å². The summed E-state index contributed by atoms with van der Waals surface area (Å²) in [5, 5.41) is 5.30. The second-order valence-corrected chi connectivity index (χ2v) is 3.65. The minimum Gasteiger partial charge on any atom is -0.298 e. The van der Waals surface area contributed by atoms with Crippen LogP contribution < -0.4 is 0 Å². The Balaban J connectivity index is 2.25. The number of carbonyl (C=O) groups is 1. The van der Waals surface area contributed by atoms with Gasteiger partial charge in [0.05, 0.1) is 11.7 Å². The molecule has 0 N–H and O–H groups in total. The Kier molecular flexibility index (Phi) is 2.81. The molecule has 0 atom stereocenters. The molecular weight excluding hydrogens is 188 g/mol. The highest BCUT2D eigenvalue weighted by Gasteiger charge is 2.05. The first-order valence-electron chi connectivity index (χ1n) is 5.23. The fourth-order valence-corrected chi connectivity index (χ4v) is 1.68. The van der Waals surface area contributed by atoms with Crippen LogP contribution in [0.5, 0.6) is 0 Å². The largest absolute Gasteiger partial charge is 0.298 e. The third-order valence-electron chi connectivity index (χ3n) is 2.41. The van der Waals surface area contributed by atoms with E-state index in [2.05, 4.69) is 5.10 Å². The number of rotatable bonds is 4. The fourth-order valence-electron chi connectivity index (χ4n) is 1.68. The maximum absolute atomic E-state index is 11.5. The van der Waals surface area contributed by atoms with Crippen LogP contribution >= 0.6 is 0 Å². The highest BCUT2D eigenvalue weighted by Crippen LogP contribution is 2.12. The first-order chi connectivity index (χ1) is 7.31. The van der Waals surface area contributed by atoms with Gasteiger partial charge in [-0.15, -0.1) is 0 Å². The number of fused-ring (bicyclic) bond motifs is 1. The van der Waals surface area contributed by atoms with Crippen molar-refractivity contribution in [2.45, 2.75) is 26.3 Å². The van der Waals surface area contributed by atoms with Crippen LogP contribution in [-0.2, 0) is 11.3 Å². The molecule has 3 nitrogen and oxygen atoms in total. The first-order valence-corrected chi connectivity index (χ1v) is 5.23. The van der Waals surface area contributed by atoms with Crippen LogP contribution in [0.2, 0.25) is 0 Å². The average Bonchev–Trinajstić information content (AvgIpc) is 2.62. The summed E-state index contributed by atoms with van der Waals surface area (Å²) in [6.07, 6.45) is 3.33. The van der Waals surface area contributed by atoms with E-state index in [1.54, 1.807) is 10.9 Å². The second kappa shape index (κ2) is 4.26. The van der Waals surface area contributed by atoms with Crippen LogP contribution in [-0.4, -0.2) is 15.6 Å². The molecule has 0 saturated heterocycles. The molecule has 0 bridgehead atoms. The molecule has 0 aliphatic heterocycles. The van der Waals surface area contributed by atoms with E-state index >= 15 is 0 Å². The quantitative estimate of drug-likeness (QED) is 0.763. The number of Topliss-reactive ketones (excluding diaryl/α,β-unsaturated/α-hetero) is 1. The minimum absolute atomic E-state index is 0.242. The van der Waals surface area contributed by atoms with Crippen molar-refractivity contribution in [3.05, 3.63) is 30.5 Å². The molecule has 1 heterocycles. The van der Waals surface area contributed by atoms with Crippen molar-refractivity contribution >= 4 is 16.7 Å². The van der Waals surface area contributed by atoms with Gasteiger partial charge in [-0.2, -0.15) is 5.10 Å². The summed E-state index contributed by atoms with van der Waals surface area (Å²) in [7, 11) is 0. The third-order valence-corrected chi connectivity index (χ3v) is 2.41. The van der Waals surface area contributed by atoms with Gasteiger partial charge in [0.2, 0.25) is 0 Å². The summed E-state index contributed by atoms with van der Waals surface area (Å²) < 4.78 is 1.77.